The molecule has 0 aromatic heterocycles. The Bertz CT molecular complexity index is 53.7. The van der Waals surface area contributed by atoms with Gasteiger partial charge in [-0.05, 0) is 6.42 Å². The largest absolute Gasteiger partial charge is 0.198 e. The number of alkyl halides is 1. The molecule has 0 bridgehead atoms. The normalized spacial score (nSPS) is 10.6. The van der Waals surface area contributed by atoms with Crippen LogP contribution in [-0.2, 0) is 0 Å². The number of azo groups is 1. The Balaban J connectivity index is 2.69. The minimum atomic E-state index is 0.888. The van der Waals surface area contributed by atoms with Crippen LogP contribution in [0.3, 0.4) is 0 Å². The molecule has 0 aromatic rings. The first-order valence-electron chi connectivity index (χ1n) is 2.23. The van der Waals surface area contributed by atoms with E-state index in [1.165, 1.54) is 4.43 Å². The molecular weight excluding hydrogens is 203 g/mol. The minimum absolute atomic E-state index is 0.888. The molecular formula is C4H9IN2. The van der Waals surface area contributed by atoms with E-state index in [1.807, 2.05) is 0 Å². The molecule has 0 rings (SSSR count). The van der Waals surface area contributed by atoms with Gasteiger partial charge in [0, 0.05) is 11.5 Å². The van der Waals surface area contributed by atoms with Crippen molar-refractivity contribution < 1.29 is 0 Å². The van der Waals surface area contributed by atoms with E-state index in [0.717, 1.165) is 13.0 Å². The fourth-order valence-corrected chi connectivity index (χ4v) is 0.572. The van der Waals surface area contributed by atoms with Gasteiger partial charge in [-0.15, -0.1) is 0 Å². The Morgan fingerprint density at radius 2 is 2.29 bits per heavy atom. The fourth-order valence-electron chi connectivity index (χ4n) is 0.230. The van der Waals surface area contributed by atoms with E-state index < -0.39 is 0 Å². The molecule has 0 aliphatic carbocycles. The lowest BCUT2D eigenvalue weighted by Crippen LogP contribution is -1.77. The standard InChI is InChI=1S/C4H9IN2/c1-6-7-4-2-3-5/h2-4H2,1H3/b7-6-. The van der Waals surface area contributed by atoms with Crippen molar-refractivity contribution in [3.63, 3.8) is 0 Å². The summed E-state index contributed by atoms with van der Waals surface area (Å²) >= 11 is 2.33. The molecule has 0 aromatic carbocycles. The maximum Gasteiger partial charge on any atom is 0.0606 e. The molecule has 42 valence electrons. The summed E-state index contributed by atoms with van der Waals surface area (Å²) < 4.78 is 1.18. The molecule has 0 heterocycles. The lowest BCUT2D eigenvalue weighted by molar-refractivity contribution is 0.877. The van der Waals surface area contributed by atoms with Crippen LogP contribution in [0, 0.1) is 0 Å². The van der Waals surface area contributed by atoms with Crippen LogP contribution in [0.15, 0.2) is 10.2 Å². The predicted molar refractivity (Wildman–Crippen MR) is 39.2 cm³/mol. The van der Waals surface area contributed by atoms with Gasteiger partial charge in [-0.25, -0.2) is 0 Å². The van der Waals surface area contributed by atoms with Crippen molar-refractivity contribution in [1.82, 2.24) is 0 Å². The molecule has 0 amide bonds. The van der Waals surface area contributed by atoms with Gasteiger partial charge in [-0.1, -0.05) is 22.6 Å². The zero-order valence-corrected chi connectivity index (χ0v) is 6.55. The van der Waals surface area contributed by atoms with E-state index in [2.05, 4.69) is 32.8 Å². The quantitative estimate of drug-likeness (QED) is 0.295. The highest BCUT2D eigenvalue weighted by Gasteiger charge is 1.75. The Kier molecular flexibility index (Phi) is 6.63. The molecule has 3 heteroatoms. The van der Waals surface area contributed by atoms with Crippen molar-refractivity contribution in [2.24, 2.45) is 10.2 Å². The first kappa shape index (κ1) is 7.33. The van der Waals surface area contributed by atoms with Gasteiger partial charge < -0.3 is 0 Å². The highest BCUT2D eigenvalue weighted by molar-refractivity contribution is 14.1. The van der Waals surface area contributed by atoms with Crippen molar-refractivity contribution in [3.05, 3.63) is 0 Å². The van der Waals surface area contributed by atoms with Crippen LogP contribution in [0.4, 0.5) is 0 Å². The second kappa shape index (κ2) is 6.33. The summed E-state index contributed by atoms with van der Waals surface area (Å²) in [6.45, 7) is 0.888. The molecule has 0 spiro atoms. The smallest absolute Gasteiger partial charge is 0.0606 e. The predicted octanol–water partition coefficient (Wildman–Crippen LogP) is 1.89. The van der Waals surface area contributed by atoms with Crippen LogP contribution in [-0.4, -0.2) is 18.0 Å². The van der Waals surface area contributed by atoms with Gasteiger partial charge >= 0.3 is 0 Å². The number of hydrogen-bond donors (Lipinski definition) is 0. The Labute approximate surface area is 57.5 Å². The topological polar surface area (TPSA) is 24.7 Å². The minimum Gasteiger partial charge on any atom is -0.198 e. The molecule has 0 unspecified atom stereocenters. The zero-order valence-electron chi connectivity index (χ0n) is 4.39. The first-order valence-corrected chi connectivity index (χ1v) is 3.76. The molecule has 0 N–H and O–H groups in total. The molecule has 0 aliphatic heterocycles. The third-order valence-electron chi connectivity index (χ3n) is 0.533. The average molecular weight is 212 g/mol. The van der Waals surface area contributed by atoms with E-state index in [-0.39, 0.29) is 0 Å². The highest BCUT2D eigenvalue weighted by Crippen LogP contribution is 1.87. The van der Waals surface area contributed by atoms with Crippen LogP contribution in [0.1, 0.15) is 6.42 Å². The Morgan fingerprint density at radius 3 is 2.71 bits per heavy atom. The lowest BCUT2D eigenvalue weighted by atomic mass is 10.5. The van der Waals surface area contributed by atoms with Crippen LogP contribution in [0.2, 0.25) is 0 Å². The van der Waals surface area contributed by atoms with E-state index in [1.54, 1.807) is 7.05 Å². The second-order valence-corrected chi connectivity index (χ2v) is 2.19. The van der Waals surface area contributed by atoms with E-state index in [4.69, 9.17) is 0 Å². The molecule has 0 aliphatic rings. The SMILES string of the molecule is C/N=N\CCCI. The molecule has 0 saturated heterocycles. The second-order valence-electron chi connectivity index (χ2n) is 1.11. The monoisotopic (exact) mass is 212 g/mol. The molecule has 0 saturated carbocycles. The number of halogens is 1. The van der Waals surface area contributed by atoms with E-state index in [9.17, 15) is 0 Å². The number of hydrogen-bond acceptors (Lipinski definition) is 2. The van der Waals surface area contributed by atoms with Crippen LogP contribution in [0.25, 0.3) is 0 Å². The zero-order chi connectivity index (χ0) is 5.54. The number of rotatable bonds is 3. The Morgan fingerprint density at radius 1 is 1.57 bits per heavy atom. The number of nitrogens with zero attached hydrogens (tertiary/aromatic N) is 2. The van der Waals surface area contributed by atoms with Gasteiger partial charge in [0.2, 0.25) is 0 Å². The maximum atomic E-state index is 3.78. The van der Waals surface area contributed by atoms with Crippen LogP contribution >= 0.6 is 22.6 Å². The summed E-state index contributed by atoms with van der Waals surface area (Å²) in [6.07, 6.45) is 1.15. The summed E-state index contributed by atoms with van der Waals surface area (Å²) in [6, 6.07) is 0. The average Bonchev–Trinajstić information content (AvgIpc) is 1.69. The highest BCUT2D eigenvalue weighted by atomic mass is 127. The van der Waals surface area contributed by atoms with Gasteiger partial charge in [0.15, 0.2) is 0 Å². The summed E-state index contributed by atoms with van der Waals surface area (Å²) in [5.41, 5.74) is 0. The molecule has 2 nitrogen and oxygen atoms in total. The van der Waals surface area contributed by atoms with Gasteiger partial charge in [-0.2, -0.15) is 10.2 Å². The van der Waals surface area contributed by atoms with Crippen molar-refractivity contribution in [2.75, 3.05) is 18.0 Å². The van der Waals surface area contributed by atoms with Crippen LogP contribution in [0.5, 0.6) is 0 Å². The van der Waals surface area contributed by atoms with Gasteiger partial charge in [0.25, 0.3) is 0 Å². The third kappa shape index (κ3) is 6.33. The molecule has 0 fully saturated rings. The molecule has 0 atom stereocenters. The first-order chi connectivity index (χ1) is 3.41. The van der Waals surface area contributed by atoms with Gasteiger partial charge in [0.05, 0.1) is 6.54 Å². The summed E-state index contributed by atoms with van der Waals surface area (Å²) in [5.74, 6) is 0. The fraction of sp³-hybridized carbons (Fsp3) is 1.00. The van der Waals surface area contributed by atoms with E-state index in [0.29, 0.717) is 0 Å². The summed E-state index contributed by atoms with van der Waals surface area (Å²) in [7, 11) is 1.70. The van der Waals surface area contributed by atoms with Crippen molar-refractivity contribution in [1.29, 1.82) is 0 Å². The van der Waals surface area contributed by atoms with Crippen molar-refractivity contribution in [2.45, 2.75) is 6.42 Å². The van der Waals surface area contributed by atoms with Gasteiger partial charge in [-0.3, -0.25) is 0 Å². The molecule has 0 radical (unpaired) electrons. The molecule has 7 heavy (non-hydrogen) atoms. The lowest BCUT2D eigenvalue weighted by Gasteiger charge is -1.82. The summed E-state index contributed by atoms with van der Waals surface area (Å²) in [4.78, 5) is 0. The Hall–Kier alpha value is 0.330. The van der Waals surface area contributed by atoms with Crippen LogP contribution < -0.4 is 0 Å². The third-order valence-corrected chi connectivity index (χ3v) is 1.30. The van der Waals surface area contributed by atoms with Crippen molar-refractivity contribution in [3.8, 4) is 0 Å². The van der Waals surface area contributed by atoms with Gasteiger partial charge in [0.1, 0.15) is 0 Å². The summed E-state index contributed by atoms with van der Waals surface area (Å²) in [5, 5.41) is 7.38. The van der Waals surface area contributed by atoms with Crippen molar-refractivity contribution >= 4 is 22.6 Å². The van der Waals surface area contributed by atoms with E-state index >= 15 is 0 Å². The maximum absolute atomic E-state index is 3.78.